The molecule has 7 heteroatoms. The van der Waals surface area contributed by atoms with Crippen molar-refractivity contribution in [2.75, 3.05) is 16.4 Å². The van der Waals surface area contributed by atoms with Gasteiger partial charge in [-0.1, -0.05) is 66.4 Å². The van der Waals surface area contributed by atoms with Crippen molar-refractivity contribution in [3.05, 3.63) is 95.8 Å². The van der Waals surface area contributed by atoms with Gasteiger partial charge in [0.25, 0.3) is 0 Å². The molecule has 4 rings (SSSR count). The number of thioether (sulfide) groups is 1. The Kier molecular flexibility index (Phi) is 6.87. The van der Waals surface area contributed by atoms with Crippen LogP contribution in [0.2, 0.25) is 0 Å². The lowest BCUT2D eigenvalue weighted by Gasteiger charge is -2.14. The first-order chi connectivity index (χ1) is 15.6. The smallest absolute Gasteiger partial charge is 0.234 e. The van der Waals surface area contributed by atoms with Crippen LogP contribution in [0.25, 0.3) is 5.69 Å². The zero-order valence-corrected chi connectivity index (χ0v) is 18.9. The number of carbonyl (C=O) groups excluding carboxylic acids is 1. The van der Waals surface area contributed by atoms with Gasteiger partial charge < -0.3 is 10.6 Å². The minimum Gasteiger partial charge on any atom is -0.377 e. The highest BCUT2D eigenvalue weighted by Crippen LogP contribution is 2.24. The number of hydrogen-bond donors (Lipinski definition) is 2. The Hall–Kier alpha value is -3.58. The first-order valence-electron chi connectivity index (χ1n) is 10.4. The molecular weight excluding hydrogens is 418 g/mol. The Morgan fingerprint density at radius 3 is 2.22 bits per heavy atom. The van der Waals surface area contributed by atoms with Crippen LogP contribution >= 0.6 is 11.8 Å². The van der Waals surface area contributed by atoms with Gasteiger partial charge in [-0.25, -0.2) is 0 Å². The van der Waals surface area contributed by atoms with E-state index < -0.39 is 0 Å². The van der Waals surface area contributed by atoms with E-state index in [0.29, 0.717) is 11.7 Å². The second-order valence-electron chi connectivity index (χ2n) is 7.39. The molecule has 1 aromatic heterocycles. The van der Waals surface area contributed by atoms with Crippen molar-refractivity contribution in [1.29, 1.82) is 0 Å². The quantitative estimate of drug-likeness (QED) is 0.365. The summed E-state index contributed by atoms with van der Waals surface area (Å²) < 4.78 is 2.00. The van der Waals surface area contributed by atoms with Crippen LogP contribution in [0.5, 0.6) is 0 Å². The standard InChI is InChI=1S/C25H25N5OS/c1-18-10-9-11-19(2)24(18)26-16-22-28-29-25(30(22)21-14-7-4-8-15-21)32-17-23(31)27-20-12-5-3-6-13-20/h3-15,26H,16-17H2,1-2H3,(H,27,31). The van der Waals surface area contributed by atoms with Gasteiger partial charge >= 0.3 is 0 Å². The first-order valence-corrected chi connectivity index (χ1v) is 11.4. The zero-order chi connectivity index (χ0) is 22.3. The second kappa shape index (κ2) is 10.2. The number of benzene rings is 3. The SMILES string of the molecule is Cc1cccc(C)c1NCc1nnc(SCC(=O)Nc2ccccc2)n1-c1ccccc1. The highest BCUT2D eigenvalue weighted by atomic mass is 32.2. The predicted octanol–water partition coefficient (Wildman–Crippen LogP) is 5.23. The summed E-state index contributed by atoms with van der Waals surface area (Å²) in [5.41, 5.74) is 5.21. The van der Waals surface area contributed by atoms with E-state index in [1.807, 2.05) is 65.2 Å². The maximum absolute atomic E-state index is 12.4. The fraction of sp³-hybridized carbons (Fsp3) is 0.160. The van der Waals surface area contributed by atoms with Crippen molar-refractivity contribution < 1.29 is 4.79 Å². The number of anilines is 2. The lowest BCUT2D eigenvalue weighted by molar-refractivity contribution is -0.113. The Bertz CT molecular complexity index is 1170. The molecule has 162 valence electrons. The zero-order valence-electron chi connectivity index (χ0n) is 18.1. The van der Waals surface area contributed by atoms with Crippen LogP contribution in [-0.2, 0) is 11.3 Å². The molecule has 0 aliphatic heterocycles. The number of rotatable bonds is 8. The molecule has 1 heterocycles. The van der Waals surface area contributed by atoms with E-state index in [-0.39, 0.29) is 11.7 Å². The minimum absolute atomic E-state index is 0.0842. The summed E-state index contributed by atoms with van der Waals surface area (Å²) in [6.45, 7) is 4.69. The van der Waals surface area contributed by atoms with Crippen LogP contribution in [0, 0.1) is 13.8 Å². The average molecular weight is 444 g/mol. The highest BCUT2D eigenvalue weighted by molar-refractivity contribution is 7.99. The monoisotopic (exact) mass is 443 g/mol. The number of aryl methyl sites for hydroxylation is 2. The molecule has 0 atom stereocenters. The molecule has 0 saturated carbocycles. The van der Waals surface area contributed by atoms with E-state index in [1.165, 1.54) is 22.9 Å². The Morgan fingerprint density at radius 2 is 1.53 bits per heavy atom. The van der Waals surface area contributed by atoms with E-state index in [0.717, 1.165) is 22.9 Å². The maximum atomic E-state index is 12.4. The Morgan fingerprint density at radius 1 is 0.875 bits per heavy atom. The fourth-order valence-electron chi connectivity index (χ4n) is 3.45. The summed E-state index contributed by atoms with van der Waals surface area (Å²) in [7, 11) is 0. The molecule has 4 aromatic rings. The van der Waals surface area contributed by atoms with Crippen molar-refractivity contribution in [3.63, 3.8) is 0 Å². The topological polar surface area (TPSA) is 71.8 Å². The molecule has 6 nitrogen and oxygen atoms in total. The fourth-order valence-corrected chi connectivity index (χ4v) is 4.22. The number of nitrogens with one attached hydrogen (secondary N) is 2. The molecule has 0 fully saturated rings. The molecule has 0 unspecified atom stereocenters. The van der Waals surface area contributed by atoms with E-state index in [4.69, 9.17) is 0 Å². The summed E-state index contributed by atoms with van der Waals surface area (Å²) >= 11 is 1.37. The van der Waals surface area contributed by atoms with Gasteiger partial charge in [-0.3, -0.25) is 9.36 Å². The van der Waals surface area contributed by atoms with Crippen LogP contribution in [0.3, 0.4) is 0 Å². The number of hydrogen-bond acceptors (Lipinski definition) is 5. The van der Waals surface area contributed by atoms with Crippen LogP contribution < -0.4 is 10.6 Å². The molecule has 0 radical (unpaired) electrons. The van der Waals surface area contributed by atoms with Gasteiger partial charge in [0.05, 0.1) is 12.3 Å². The number of carbonyl (C=O) groups is 1. The van der Waals surface area contributed by atoms with Crippen LogP contribution in [0.1, 0.15) is 17.0 Å². The molecule has 0 spiro atoms. The lowest BCUT2D eigenvalue weighted by Crippen LogP contribution is -2.15. The molecule has 0 aliphatic carbocycles. The normalized spacial score (nSPS) is 10.7. The molecule has 0 saturated heterocycles. The van der Waals surface area contributed by atoms with Gasteiger partial charge in [0.2, 0.25) is 5.91 Å². The summed E-state index contributed by atoms with van der Waals surface area (Å²) in [6.07, 6.45) is 0. The summed E-state index contributed by atoms with van der Waals surface area (Å²) in [6, 6.07) is 25.6. The summed E-state index contributed by atoms with van der Waals surface area (Å²) in [5.74, 6) is 0.938. The molecule has 0 aliphatic rings. The van der Waals surface area contributed by atoms with Gasteiger partial charge in [-0.2, -0.15) is 0 Å². The van der Waals surface area contributed by atoms with E-state index in [2.05, 4.69) is 52.9 Å². The molecule has 1 amide bonds. The first kappa shape index (κ1) is 21.6. The molecule has 32 heavy (non-hydrogen) atoms. The Balaban J connectivity index is 1.52. The van der Waals surface area contributed by atoms with Crippen molar-refractivity contribution in [2.24, 2.45) is 0 Å². The largest absolute Gasteiger partial charge is 0.377 e. The van der Waals surface area contributed by atoms with Crippen LogP contribution in [0.15, 0.2) is 84.0 Å². The molecule has 3 aromatic carbocycles. The third kappa shape index (κ3) is 5.18. The summed E-state index contributed by atoms with van der Waals surface area (Å²) in [5, 5.41) is 15.9. The molecule has 0 bridgehead atoms. The van der Waals surface area contributed by atoms with Crippen molar-refractivity contribution >= 4 is 29.0 Å². The predicted molar refractivity (Wildman–Crippen MR) is 130 cm³/mol. The number of nitrogens with zero attached hydrogens (tertiary/aromatic N) is 3. The average Bonchev–Trinajstić information content (AvgIpc) is 3.21. The van der Waals surface area contributed by atoms with E-state index >= 15 is 0 Å². The highest BCUT2D eigenvalue weighted by Gasteiger charge is 2.16. The Labute approximate surface area is 192 Å². The van der Waals surface area contributed by atoms with Gasteiger partial charge in [0.15, 0.2) is 11.0 Å². The lowest BCUT2D eigenvalue weighted by atomic mass is 10.1. The van der Waals surface area contributed by atoms with Crippen LogP contribution in [0.4, 0.5) is 11.4 Å². The maximum Gasteiger partial charge on any atom is 0.234 e. The minimum atomic E-state index is -0.0842. The van der Waals surface area contributed by atoms with Crippen molar-refractivity contribution in [1.82, 2.24) is 14.8 Å². The second-order valence-corrected chi connectivity index (χ2v) is 8.34. The third-order valence-corrected chi connectivity index (χ3v) is 5.94. The van der Waals surface area contributed by atoms with Crippen LogP contribution in [-0.4, -0.2) is 26.4 Å². The van der Waals surface area contributed by atoms with E-state index in [1.54, 1.807) is 0 Å². The molecule has 2 N–H and O–H groups in total. The van der Waals surface area contributed by atoms with E-state index in [9.17, 15) is 4.79 Å². The van der Waals surface area contributed by atoms with Gasteiger partial charge in [0.1, 0.15) is 0 Å². The summed E-state index contributed by atoms with van der Waals surface area (Å²) in [4.78, 5) is 12.4. The number of aromatic nitrogens is 3. The number of para-hydroxylation sites is 3. The van der Waals surface area contributed by atoms with Gasteiger partial charge in [0, 0.05) is 17.1 Å². The number of amides is 1. The van der Waals surface area contributed by atoms with Gasteiger partial charge in [-0.15, -0.1) is 10.2 Å². The third-order valence-electron chi connectivity index (χ3n) is 5.01. The van der Waals surface area contributed by atoms with Crippen molar-refractivity contribution in [3.8, 4) is 5.69 Å². The van der Waals surface area contributed by atoms with Crippen molar-refractivity contribution in [2.45, 2.75) is 25.5 Å². The van der Waals surface area contributed by atoms with Gasteiger partial charge in [-0.05, 0) is 49.2 Å². The molecular formula is C25H25N5OS.